The lowest BCUT2D eigenvalue weighted by Gasteiger charge is -2.16. The van der Waals surface area contributed by atoms with E-state index in [2.05, 4.69) is 4.98 Å². The maximum Gasteiger partial charge on any atom is 0.235 e. The largest absolute Gasteiger partial charge is 0.348 e. The average Bonchev–Trinajstić information content (AvgIpc) is 2.85. The Hall–Kier alpha value is -1.46. The van der Waals surface area contributed by atoms with Gasteiger partial charge in [-0.15, -0.1) is 0 Å². The molecule has 0 radical (unpaired) electrons. The molecule has 0 fully saturated rings. The van der Waals surface area contributed by atoms with Crippen LogP contribution >= 0.6 is 23.4 Å². The van der Waals surface area contributed by atoms with Gasteiger partial charge in [0.2, 0.25) is 5.91 Å². The topological polar surface area (TPSA) is 38.1 Å². The van der Waals surface area contributed by atoms with Gasteiger partial charge in [-0.1, -0.05) is 29.4 Å². The predicted octanol–water partition coefficient (Wildman–Crippen LogP) is 3.09. The number of carbonyl (C=O) groups is 1. The minimum absolute atomic E-state index is 0.0654. The van der Waals surface area contributed by atoms with E-state index in [1.165, 1.54) is 11.8 Å². The normalized spacial score (nSPS) is 12.2. The molecule has 0 unspecified atom stereocenters. The van der Waals surface area contributed by atoms with E-state index in [-0.39, 0.29) is 11.2 Å². The molecular formula is C14H16ClN3OS. The second kappa shape index (κ2) is 6.33. The minimum atomic E-state index is -0.190. The Balaban J connectivity index is 2.23. The standard InChI is InChI=1S/C14H16ClN3OS/c1-10(13(19)17(2)3)20-14-16-7-8-18(14)12-6-4-5-11(15)9-12/h4-10H,1-3H3/t10-/m1/s1. The van der Waals surface area contributed by atoms with Gasteiger partial charge in [0, 0.05) is 37.2 Å². The van der Waals surface area contributed by atoms with Gasteiger partial charge in [-0.3, -0.25) is 9.36 Å². The second-order valence-corrected chi connectivity index (χ2v) is 6.30. The summed E-state index contributed by atoms with van der Waals surface area (Å²) in [6, 6.07) is 7.54. The first-order chi connectivity index (χ1) is 9.49. The molecule has 0 bridgehead atoms. The summed E-state index contributed by atoms with van der Waals surface area (Å²) in [6.07, 6.45) is 3.58. The maximum absolute atomic E-state index is 11.9. The molecule has 106 valence electrons. The Kier molecular flexibility index (Phi) is 4.73. The van der Waals surface area contributed by atoms with Crippen molar-refractivity contribution in [1.29, 1.82) is 0 Å². The van der Waals surface area contributed by atoms with Gasteiger partial charge < -0.3 is 4.90 Å². The number of halogens is 1. The third kappa shape index (κ3) is 3.35. The van der Waals surface area contributed by atoms with Crippen LogP contribution in [-0.2, 0) is 4.79 Å². The Bertz CT molecular complexity index is 612. The van der Waals surface area contributed by atoms with E-state index in [1.807, 2.05) is 42.0 Å². The molecule has 0 aliphatic carbocycles. The Morgan fingerprint density at radius 2 is 2.20 bits per heavy atom. The molecule has 2 rings (SSSR count). The molecule has 0 spiro atoms. The molecule has 0 aliphatic heterocycles. The summed E-state index contributed by atoms with van der Waals surface area (Å²) in [5.74, 6) is 0.0654. The lowest BCUT2D eigenvalue weighted by atomic mass is 10.3. The van der Waals surface area contributed by atoms with Crippen LogP contribution in [0.5, 0.6) is 0 Å². The van der Waals surface area contributed by atoms with Crippen molar-refractivity contribution in [2.75, 3.05) is 14.1 Å². The number of thioether (sulfide) groups is 1. The van der Waals surface area contributed by atoms with E-state index in [0.717, 1.165) is 10.8 Å². The first kappa shape index (κ1) is 14.9. The highest BCUT2D eigenvalue weighted by atomic mass is 35.5. The van der Waals surface area contributed by atoms with Crippen LogP contribution in [0, 0.1) is 0 Å². The fourth-order valence-corrected chi connectivity index (χ4v) is 2.99. The summed E-state index contributed by atoms with van der Waals surface area (Å²) in [5, 5.41) is 1.25. The number of rotatable bonds is 4. The highest BCUT2D eigenvalue weighted by molar-refractivity contribution is 8.00. The van der Waals surface area contributed by atoms with Gasteiger partial charge in [0.1, 0.15) is 0 Å². The number of nitrogens with zero attached hydrogens (tertiary/aromatic N) is 3. The summed E-state index contributed by atoms with van der Waals surface area (Å²) in [4.78, 5) is 17.8. The molecule has 1 atom stereocenters. The fourth-order valence-electron chi connectivity index (χ4n) is 1.77. The van der Waals surface area contributed by atoms with Gasteiger partial charge >= 0.3 is 0 Å². The average molecular weight is 310 g/mol. The summed E-state index contributed by atoms with van der Waals surface area (Å²) in [7, 11) is 3.51. The Morgan fingerprint density at radius 3 is 2.85 bits per heavy atom. The van der Waals surface area contributed by atoms with Gasteiger partial charge in [0.15, 0.2) is 5.16 Å². The van der Waals surface area contributed by atoms with Crippen LogP contribution in [0.3, 0.4) is 0 Å². The number of imidazole rings is 1. The van der Waals surface area contributed by atoms with Crippen molar-refractivity contribution in [2.45, 2.75) is 17.3 Å². The third-order valence-corrected chi connectivity index (χ3v) is 4.07. The van der Waals surface area contributed by atoms with Crippen molar-refractivity contribution >= 4 is 29.3 Å². The van der Waals surface area contributed by atoms with Crippen molar-refractivity contribution in [3.63, 3.8) is 0 Å². The molecule has 4 nitrogen and oxygen atoms in total. The zero-order valence-electron chi connectivity index (χ0n) is 11.6. The van der Waals surface area contributed by atoms with Crippen LogP contribution in [0.2, 0.25) is 5.02 Å². The Labute approximate surface area is 127 Å². The smallest absolute Gasteiger partial charge is 0.235 e. The number of hydrogen-bond acceptors (Lipinski definition) is 3. The zero-order valence-corrected chi connectivity index (χ0v) is 13.1. The summed E-state index contributed by atoms with van der Waals surface area (Å²) >= 11 is 7.44. The van der Waals surface area contributed by atoms with Crippen LogP contribution in [0.15, 0.2) is 41.8 Å². The molecule has 1 aromatic carbocycles. The van der Waals surface area contributed by atoms with Gasteiger partial charge in [-0.2, -0.15) is 0 Å². The number of carbonyl (C=O) groups excluding carboxylic acids is 1. The number of aromatic nitrogens is 2. The molecule has 0 aliphatic rings. The molecule has 1 heterocycles. The number of benzene rings is 1. The number of hydrogen-bond donors (Lipinski definition) is 0. The molecule has 0 saturated carbocycles. The zero-order chi connectivity index (χ0) is 14.7. The van der Waals surface area contributed by atoms with Crippen LogP contribution in [0.4, 0.5) is 0 Å². The third-order valence-electron chi connectivity index (χ3n) is 2.76. The van der Waals surface area contributed by atoms with Crippen molar-refractivity contribution in [3.05, 3.63) is 41.7 Å². The highest BCUT2D eigenvalue weighted by Crippen LogP contribution is 2.26. The first-order valence-electron chi connectivity index (χ1n) is 6.16. The SMILES string of the molecule is C[C@@H](Sc1nccn1-c1cccc(Cl)c1)C(=O)N(C)C. The van der Waals surface area contributed by atoms with Crippen LogP contribution in [-0.4, -0.2) is 39.7 Å². The van der Waals surface area contributed by atoms with Gasteiger partial charge in [-0.25, -0.2) is 4.98 Å². The molecular weight excluding hydrogens is 294 g/mol. The molecule has 20 heavy (non-hydrogen) atoms. The van der Waals surface area contributed by atoms with Crippen molar-refractivity contribution in [2.24, 2.45) is 0 Å². The summed E-state index contributed by atoms with van der Waals surface area (Å²) in [6.45, 7) is 1.88. The van der Waals surface area contributed by atoms with E-state index < -0.39 is 0 Å². The quantitative estimate of drug-likeness (QED) is 0.815. The van der Waals surface area contributed by atoms with Crippen LogP contribution < -0.4 is 0 Å². The predicted molar refractivity (Wildman–Crippen MR) is 82.6 cm³/mol. The first-order valence-corrected chi connectivity index (χ1v) is 7.42. The lowest BCUT2D eigenvalue weighted by Crippen LogP contribution is -2.29. The number of amides is 1. The lowest BCUT2D eigenvalue weighted by molar-refractivity contribution is -0.127. The van der Waals surface area contributed by atoms with Gasteiger partial charge in [0.05, 0.1) is 5.25 Å². The maximum atomic E-state index is 11.9. The molecule has 0 N–H and O–H groups in total. The monoisotopic (exact) mass is 309 g/mol. The van der Waals surface area contributed by atoms with Crippen molar-refractivity contribution in [1.82, 2.24) is 14.5 Å². The van der Waals surface area contributed by atoms with Gasteiger partial charge in [-0.05, 0) is 25.1 Å². The second-order valence-electron chi connectivity index (χ2n) is 4.55. The molecule has 0 saturated heterocycles. The summed E-state index contributed by atoms with van der Waals surface area (Å²) in [5.41, 5.74) is 0.932. The van der Waals surface area contributed by atoms with E-state index in [0.29, 0.717) is 5.02 Å². The van der Waals surface area contributed by atoms with Crippen LogP contribution in [0.25, 0.3) is 5.69 Å². The van der Waals surface area contributed by atoms with Crippen molar-refractivity contribution < 1.29 is 4.79 Å². The summed E-state index contributed by atoms with van der Waals surface area (Å²) < 4.78 is 1.93. The van der Waals surface area contributed by atoms with E-state index in [4.69, 9.17) is 11.6 Å². The van der Waals surface area contributed by atoms with E-state index in [1.54, 1.807) is 25.2 Å². The highest BCUT2D eigenvalue weighted by Gasteiger charge is 2.19. The fraction of sp³-hybridized carbons (Fsp3) is 0.286. The Morgan fingerprint density at radius 1 is 1.45 bits per heavy atom. The van der Waals surface area contributed by atoms with Gasteiger partial charge in [0.25, 0.3) is 0 Å². The molecule has 1 amide bonds. The van der Waals surface area contributed by atoms with Crippen LogP contribution in [0.1, 0.15) is 6.92 Å². The van der Waals surface area contributed by atoms with E-state index in [9.17, 15) is 4.79 Å². The van der Waals surface area contributed by atoms with Crippen molar-refractivity contribution in [3.8, 4) is 5.69 Å². The molecule has 2 aromatic rings. The molecule has 6 heteroatoms. The minimum Gasteiger partial charge on any atom is -0.348 e. The molecule has 1 aromatic heterocycles. The van der Waals surface area contributed by atoms with E-state index >= 15 is 0 Å².